The van der Waals surface area contributed by atoms with Crippen LogP contribution in [0.15, 0.2) is 84.9 Å². The van der Waals surface area contributed by atoms with E-state index in [4.69, 9.17) is 32.5 Å². The van der Waals surface area contributed by atoms with Gasteiger partial charge in [0, 0.05) is 0 Å². The Bertz CT molecular complexity index is 1320. The van der Waals surface area contributed by atoms with E-state index in [1.54, 1.807) is 0 Å². The topological polar surface area (TPSA) is 102 Å². The highest BCUT2D eigenvalue weighted by atomic mass is 31.2. The first-order valence-corrected chi connectivity index (χ1v) is 16.9. The first-order valence-electron chi connectivity index (χ1n) is 15.5. The van der Waals surface area contributed by atoms with E-state index in [9.17, 15) is 9.67 Å². The lowest BCUT2D eigenvalue weighted by Gasteiger charge is -2.45. The van der Waals surface area contributed by atoms with Gasteiger partial charge in [-0.1, -0.05) is 104 Å². The van der Waals surface area contributed by atoms with E-state index in [0.717, 1.165) is 54.4 Å². The third-order valence-electron chi connectivity index (χ3n) is 8.30. The molecule has 2 heterocycles. The van der Waals surface area contributed by atoms with Crippen molar-refractivity contribution in [1.29, 1.82) is 0 Å². The van der Waals surface area contributed by atoms with Gasteiger partial charge in [0.25, 0.3) is 0 Å². The Balaban J connectivity index is 1.22. The van der Waals surface area contributed by atoms with Crippen molar-refractivity contribution in [3.63, 3.8) is 0 Å². The van der Waals surface area contributed by atoms with Gasteiger partial charge in [-0.2, -0.15) is 0 Å². The summed E-state index contributed by atoms with van der Waals surface area (Å²) in [5.41, 5.74) is 3.68. The quantitative estimate of drug-likeness (QED) is 0.241. The van der Waals surface area contributed by atoms with Crippen molar-refractivity contribution in [2.75, 3.05) is 6.61 Å². The summed E-state index contributed by atoms with van der Waals surface area (Å²) in [6.45, 7) is 0.836. The second-order valence-corrected chi connectivity index (χ2v) is 13.1. The maximum absolute atomic E-state index is 13.9. The highest BCUT2D eigenvalue weighted by Gasteiger charge is 2.51. The van der Waals surface area contributed by atoms with Gasteiger partial charge >= 0.3 is 7.82 Å². The molecule has 10 heteroatoms. The minimum absolute atomic E-state index is 0.0508. The fourth-order valence-corrected chi connectivity index (χ4v) is 7.18. The number of benzene rings is 3. The van der Waals surface area contributed by atoms with Crippen LogP contribution in [0.25, 0.3) is 0 Å². The number of phosphoric acid groups is 1. The molecule has 0 radical (unpaired) electrons. The van der Waals surface area contributed by atoms with Gasteiger partial charge in [-0.25, -0.2) is 4.57 Å². The number of fused-ring (bicyclic) bond motifs is 1. The first kappa shape index (κ1) is 31.5. The molecule has 0 aromatic heterocycles. The smallest absolute Gasteiger partial charge is 0.387 e. The normalized spacial score (nSPS) is 27.3. The third kappa shape index (κ3) is 8.23. The SMILES string of the molecule is O=P1(OC2C(OC3CCCCC3)OC(COCc3ccccc3)C(OCc3ccccc3)C2O)OCc2ccccc2CO1. The maximum Gasteiger partial charge on any atom is 0.475 e. The molecule has 3 aromatic carbocycles. The number of aliphatic hydroxyl groups excluding tert-OH is 1. The maximum atomic E-state index is 13.9. The molecule has 0 amide bonds. The Morgan fingerprint density at radius 2 is 1.34 bits per heavy atom. The summed E-state index contributed by atoms with van der Waals surface area (Å²) < 4.78 is 56.8. The summed E-state index contributed by atoms with van der Waals surface area (Å²) in [6, 6.07) is 27.1. The average Bonchev–Trinajstić information content (AvgIpc) is 3.23. The molecule has 5 atom stereocenters. The summed E-state index contributed by atoms with van der Waals surface area (Å²) in [4.78, 5) is 0. The van der Waals surface area contributed by atoms with E-state index in [1.165, 1.54) is 0 Å². The fourth-order valence-electron chi connectivity index (χ4n) is 5.86. The molecular weight excluding hydrogens is 583 g/mol. The largest absolute Gasteiger partial charge is 0.475 e. The van der Waals surface area contributed by atoms with Gasteiger partial charge in [0.05, 0.1) is 39.1 Å². The van der Waals surface area contributed by atoms with Crippen LogP contribution in [-0.2, 0) is 63.5 Å². The van der Waals surface area contributed by atoms with Gasteiger partial charge in [0.2, 0.25) is 0 Å². The molecule has 0 spiro atoms. The average molecular weight is 625 g/mol. The molecule has 1 aliphatic carbocycles. The Morgan fingerprint density at radius 1 is 0.750 bits per heavy atom. The van der Waals surface area contributed by atoms with E-state index >= 15 is 0 Å². The second kappa shape index (κ2) is 15.2. The lowest BCUT2D eigenvalue weighted by atomic mass is 9.96. The third-order valence-corrected chi connectivity index (χ3v) is 9.69. The van der Waals surface area contributed by atoms with Crippen molar-refractivity contribution >= 4 is 7.82 Å². The standard InChI is InChI=1S/C34H41O9P/c35-31-32(38-21-26-14-6-2-7-15-26)30(24-37-20-25-12-4-1-5-13-25)42-34(41-29-18-8-3-9-19-29)33(31)43-44(36)39-22-27-16-10-11-17-28(27)23-40-44/h1-2,4-7,10-17,29-35H,3,8-9,18-24H2. The molecule has 1 saturated heterocycles. The predicted molar refractivity (Wildman–Crippen MR) is 162 cm³/mol. The fraction of sp³-hybridized carbons (Fsp3) is 0.471. The van der Waals surface area contributed by atoms with Gasteiger partial charge in [-0.15, -0.1) is 0 Å². The van der Waals surface area contributed by atoms with Gasteiger partial charge in [-0.05, 0) is 35.1 Å². The Hall–Kier alpha value is -2.43. The van der Waals surface area contributed by atoms with Crippen molar-refractivity contribution in [1.82, 2.24) is 0 Å². The van der Waals surface area contributed by atoms with Gasteiger partial charge in [-0.3, -0.25) is 13.6 Å². The molecule has 9 nitrogen and oxygen atoms in total. The van der Waals surface area contributed by atoms with Crippen LogP contribution in [0.2, 0.25) is 0 Å². The van der Waals surface area contributed by atoms with Crippen LogP contribution in [0, 0.1) is 0 Å². The minimum Gasteiger partial charge on any atom is -0.387 e. The lowest BCUT2D eigenvalue weighted by Crippen LogP contribution is -2.61. The van der Waals surface area contributed by atoms with Crippen LogP contribution in [-0.4, -0.2) is 48.5 Å². The minimum atomic E-state index is -4.13. The summed E-state index contributed by atoms with van der Waals surface area (Å²) >= 11 is 0. The molecule has 5 unspecified atom stereocenters. The van der Waals surface area contributed by atoms with Gasteiger partial charge in [0.1, 0.15) is 24.4 Å². The van der Waals surface area contributed by atoms with E-state index < -0.39 is 38.5 Å². The Labute approximate surface area is 259 Å². The number of hydrogen-bond acceptors (Lipinski definition) is 9. The molecule has 3 aliphatic rings. The number of aliphatic hydroxyl groups is 1. The number of ether oxygens (including phenoxy) is 4. The lowest BCUT2D eigenvalue weighted by molar-refractivity contribution is -0.318. The van der Waals surface area contributed by atoms with Crippen molar-refractivity contribution in [2.45, 2.75) is 95.3 Å². The highest BCUT2D eigenvalue weighted by molar-refractivity contribution is 7.48. The van der Waals surface area contributed by atoms with E-state index in [0.29, 0.717) is 6.61 Å². The molecule has 0 bridgehead atoms. The molecule has 6 rings (SSSR count). The van der Waals surface area contributed by atoms with Crippen LogP contribution in [0.5, 0.6) is 0 Å². The summed E-state index contributed by atoms with van der Waals surface area (Å²) in [7, 11) is -4.13. The number of hydrogen-bond donors (Lipinski definition) is 1. The molecule has 2 aliphatic heterocycles. The van der Waals surface area contributed by atoms with Crippen molar-refractivity contribution in [3.8, 4) is 0 Å². The van der Waals surface area contributed by atoms with Gasteiger partial charge < -0.3 is 24.1 Å². The van der Waals surface area contributed by atoms with Crippen LogP contribution < -0.4 is 0 Å². The van der Waals surface area contributed by atoms with Crippen LogP contribution >= 0.6 is 7.82 Å². The predicted octanol–water partition coefficient (Wildman–Crippen LogP) is 6.46. The van der Waals surface area contributed by atoms with E-state index in [2.05, 4.69) is 0 Å². The van der Waals surface area contributed by atoms with Crippen molar-refractivity contribution in [3.05, 3.63) is 107 Å². The van der Waals surface area contributed by atoms with Crippen molar-refractivity contribution in [2.24, 2.45) is 0 Å². The molecular formula is C34H41O9P. The van der Waals surface area contributed by atoms with Crippen LogP contribution in [0.4, 0.5) is 0 Å². The summed E-state index contributed by atoms with van der Waals surface area (Å²) in [5, 5.41) is 11.9. The van der Waals surface area contributed by atoms with Crippen LogP contribution in [0.1, 0.15) is 54.4 Å². The number of rotatable bonds is 11. The Kier molecular flexibility index (Phi) is 10.9. The monoisotopic (exact) mass is 624 g/mol. The highest BCUT2D eigenvalue weighted by Crippen LogP contribution is 2.55. The first-order chi connectivity index (χ1) is 21.6. The Morgan fingerprint density at radius 3 is 1.98 bits per heavy atom. The van der Waals surface area contributed by atoms with Crippen LogP contribution in [0.3, 0.4) is 0 Å². The van der Waals surface area contributed by atoms with Gasteiger partial charge in [0.15, 0.2) is 6.29 Å². The van der Waals surface area contributed by atoms with E-state index in [1.807, 2.05) is 84.9 Å². The molecule has 3 aromatic rings. The van der Waals surface area contributed by atoms with Crippen molar-refractivity contribution < 1.29 is 42.2 Å². The molecule has 2 fully saturated rings. The van der Waals surface area contributed by atoms with E-state index in [-0.39, 0.29) is 32.5 Å². The zero-order chi connectivity index (χ0) is 30.2. The number of phosphoric ester groups is 1. The second-order valence-electron chi connectivity index (χ2n) is 11.5. The molecule has 1 saturated carbocycles. The molecule has 236 valence electrons. The summed E-state index contributed by atoms with van der Waals surface area (Å²) in [6.07, 6.45) is -0.203. The molecule has 44 heavy (non-hydrogen) atoms. The zero-order valence-corrected chi connectivity index (χ0v) is 25.7. The summed E-state index contributed by atoms with van der Waals surface area (Å²) in [5.74, 6) is 0. The molecule has 1 N–H and O–H groups in total. The zero-order valence-electron chi connectivity index (χ0n) is 24.8.